The Hall–Kier alpha value is -1.16. The summed E-state index contributed by atoms with van der Waals surface area (Å²) in [6, 6.07) is 5.78. The molecule has 0 saturated carbocycles. The van der Waals surface area contributed by atoms with E-state index in [4.69, 9.17) is 10.8 Å². The van der Waals surface area contributed by atoms with Crippen molar-refractivity contribution in [1.29, 1.82) is 0 Å². The molecular weight excluding hydrogens is 222 g/mol. The average Bonchev–Trinajstić information content (AvgIpc) is 2.22. The Balaban J connectivity index is 2.73. The maximum absolute atomic E-state index is 10.8. The fourth-order valence-electron chi connectivity index (χ4n) is 1.24. The summed E-state index contributed by atoms with van der Waals surface area (Å²) >= 11 is 1.57. The number of anilines is 1. The van der Waals surface area contributed by atoms with Crippen LogP contribution >= 0.6 is 11.8 Å². The second-order valence-corrected chi connectivity index (χ2v) is 5.42. The number of carbonyl (C=O) groups is 1. The summed E-state index contributed by atoms with van der Waals surface area (Å²) in [7, 11) is 0. The third-order valence-electron chi connectivity index (χ3n) is 2.66. The number of hydrogen-bond donors (Lipinski definition) is 2. The molecule has 16 heavy (non-hydrogen) atoms. The average molecular weight is 239 g/mol. The lowest BCUT2D eigenvalue weighted by atomic mass is 10.1. The monoisotopic (exact) mass is 239 g/mol. The van der Waals surface area contributed by atoms with Gasteiger partial charge in [0.1, 0.15) is 0 Å². The van der Waals surface area contributed by atoms with Gasteiger partial charge in [-0.15, -0.1) is 11.8 Å². The summed E-state index contributed by atoms with van der Waals surface area (Å²) in [5.41, 5.74) is 7.52. The normalized spacial score (nSPS) is 14.4. The highest BCUT2D eigenvalue weighted by molar-refractivity contribution is 8.00. The highest BCUT2D eigenvalue weighted by Gasteiger charge is 2.20. The summed E-state index contributed by atoms with van der Waals surface area (Å²) in [5.74, 6) is -1.12. The van der Waals surface area contributed by atoms with Crippen molar-refractivity contribution >= 4 is 23.4 Å². The third kappa shape index (κ3) is 3.17. The van der Waals surface area contributed by atoms with Crippen LogP contribution in [0.3, 0.4) is 0 Å². The molecule has 0 bridgehead atoms. The van der Waals surface area contributed by atoms with Crippen molar-refractivity contribution in [3.05, 3.63) is 23.8 Å². The maximum Gasteiger partial charge on any atom is 0.307 e. The molecule has 0 heterocycles. The van der Waals surface area contributed by atoms with Crippen LogP contribution in [0.15, 0.2) is 23.1 Å². The van der Waals surface area contributed by atoms with Crippen LogP contribution in [0.5, 0.6) is 0 Å². The second kappa shape index (κ2) is 5.25. The van der Waals surface area contributed by atoms with E-state index in [1.165, 1.54) is 0 Å². The van der Waals surface area contributed by atoms with Crippen LogP contribution in [0.25, 0.3) is 0 Å². The zero-order valence-corrected chi connectivity index (χ0v) is 10.5. The van der Waals surface area contributed by atoms with Crippen molar-refractivity contribution in [3.8, 4) is 0 Å². The lowest BCUT2D eigenvalue weighted by Gasteiger charge is -2.15. The number of thioether (sulfide) groups is 1. The van der Waals surface area contributed by atoms with Gasteiger partial charge in [0.05, 0.1) is 5.92 Å². The van der Waals surface area contributed by atoms with Crippen LogP contribution in [-0.2, 0) is 4.79 Å². The summed E-state index contributed by atoms with van der Waals surface area (Å²) < 4.78 is 0. The van der Waals surface area contributed by atoms with E-state index in [0.717, 1.165) is 16.1 Å². The molecule has 1 aromatic carbocycles. The third-order valence-corrected chi connectivity index (χ3v) is 3.96. The molecule has 3 nitrogen and oxygen atoms in total. The van der Waals surface area contributed by atoms with Gasteiger partial charge in [-0.2, -0.15) is 0 Å². The number of rotatable bonds is 4. The number of hydrogen-bond acceptors (Lipinski definition) is 3. The van der Waals surface area contributed by atoms with Crippen LogP contribution < -0.4 is 5.73 Å². The van der Waals surface area contributed by atoms with Gasteiger partial charge in [-0.1, -0.05) is 13.8 Å². The zero-order chi connectivity index (χ0) is 12.3. The van der Waals surface area contributed by atoms with Gasteiger partial charge in [-0.25, -0.2) is 0 Å². The Morgan fingerprint density at radius 2 is 2.06 bits per heavy atom. The molecule has 4 heteroatoms. The molecule has 1 aromatic rings. The molecule has 2 atom stereocenters. The van der Waals surface area contributed by atoms with E-state index in [2.05, 4.69) is 0 Å². The summed E-state index contributed by atoms with van der Waals surface area (Å²) in [5, 5.41) is 8.94. The Bertz CT molecular complexity index is 393. The van der Waals surface area contributed by atoms with Gasteiger partial charge in [-0.3, -0.25) is 4.79 Å². The predicted molar refractivity (Wildman–Crippen MR) is 67.7 cm³/mol. The lowest BCUT2D eigenvalue weighted by molar-refractivity contribution is -0.140. The van der Waals surface area contributed by atoms with Gasteiger partial charge < -0.3 is 10.8 Å². The molecule has 0 aliphatic rings. The molecule has 0 aromatic heterocycles. The van der Waals surface area contributed by atoms with Crippen molar-refractivity contribution in [2.75, 3.05) is 5.73 Å². The minimum atomic E-state index is -0.757. The van der Waals surface area contributed by atoms with Crippen LogP contribution in [0, 0.1) is 12.8 Å². The Kier molecular flexibility index (Phi) is 4.24. The van der Waals surface area contributed by atoms with E-state index in [1.54, 1.807) is 18.7 Å². The molecule has 0 radical (unpaired) electrons. The topological polar surface area (TPSA) is 63.3 Å². The molecule has 0 aliphatic heterocycles. The number of carboxylic acid groups (broad SMARTS) is 1. The van der Waals surface area contributed by atoms with Crippen molar-refractivity contribution in [3.63, 3.8) is 0 Å². The maximum atomic E-state index is 10.8. The Morgan fingerprint density at radius 1 is 1.44 bits per heavy atom. The Morgan fingerprint density at radius 3 is 2.56 bits per heavy atom. The zero-order valence-electron chi connectivity index (χ0n) is 9.73. The first-order chi connectivity index (χ1) is 7.41. The van der Waals surface area contributed by atoms with E-state index in [0.29, 0.717) is 0 Å². The molecule has 0 aliphatic carbocycles. The number of carboxylic acids is 1. The minimum absolute atomic E-state index is 0.0422. The molecule has 0 amide bonds. The van der Waals surface area contributed by atoms with Gasteiger partial charge >= 0.3 is 5.97 Å². The quantitative estimate of drug-likeness (QED) is 0.626. The van der Waals surface area contributed by atoms with Crippen molar-refractivity contribution < 1.29 is 9.90 Å². The molecule has 3 N–H and O–H groups in total. The molecule has 1 rings (SSSR count). The molecule has 0 fully saturated rings. The highest BCUT2D eigenvalue weighted by Crippen LogP contribution is 2.29. The highest BCUT2D eigenvalue weighted by atomic mass is 32.2. The summed E-state index contributed by atoms with van der Waals surface area (Å²) in [6.07, 6.45) is 0. The minimum Gasteiger partial charge on any atom is -0.481 e. The number of aliphatic carboxylic acids is 1. The van der Waals surface area contributed by atoms with Gasteiger partial charge in [0.25, 0.3) is 0 Å². The smallest absolute Gasteiger partial charge is 0.307 e. The van der Waals surface area contributed by atoms with Crippen LogP contribution in [-0.4, -0.2) is 16.3 Å². The first-order valence-electron chi connectivity index (χ1n) is 5.17. The Labute approximate surface area is 100 Å². The number of nitrogens with two attached hydrogens (primary N) is 1. The molecule has 88 valence electrons. The first-order valence-corrected chi connectivity index (χ1v) is 6.05. The molecule has 2 unspecified atom stereocenters. The lowest BCUT2D eigenvalue weighted by Crippen LogP contribution is -2.19. The largest absolute Gasteiger partial charge is 0.481 e. The van der Waals surface area contributed by atoms with Gasteiger partial charge in [-0.05, 0) is 30.7 Å². The van der Waals surface area contributed by atoms with E-state index in [-0.39, 0.29) is 11.2 Å². The van der Waals surface area contributed by atoms with Crippen molar-refractivity contribution in [2.24, 2.45) is 5.92 Å². The SMILES string of the molecule is Cc1cc(SC(C)C(C)C(=O)O)ccc1N. The fourth-order valence-corrected chi connectivity index (χ4v) is 2.38. The predicted octanol–water partition coefficient (Wildman–Crippen LogP) is 2.78. The number of aryl methyl sites for hydroxylation is 1. The molecule has 0 spiro atoms. The number of nitrogen functional groups attached to an aromatic ring is 1. The van der Waals surface area contributed by atoms with Crippen molar-refractivity contribution in [1.82, 2.24) is 0 Å². The number of benzene rings is 1. The van der Waals surface area contributed by atoms with E-state index in [1.807, 2.05) is 32.0 Å². The van der Waals surface area contributed by atoms with Gasteiger partial charge in [0.15, 0.2) is 0 Å². The van der Waals surface area contributed by atoms with Gasteiger partial charge in [0, 0.05) is 15.8 Å². The molecule has 0 saturated heterocycles. The first kappa shape index (κ1) is 12.9. The van der Waals surface area contributed by atoms with Crippen LogP contribution in [0.4, 0.5) is 5.69 Å². The fraction of sp³-hybridized carbons (Fsp3) is 0.417. The summed E-state index contributed by atoms with van der Waals surface area (Å²) in [6.45, 7) is 5.60. The standard InChI is InChI=1S/C12H17NO2S/c1-7-6-10(4-5-11(7)13)16-9(3)8(2)12(14)15/h4-6,8-9H,13H2,1-3H3,(H,14,15). The van der Waals surface area contributed by atoms with E-state index >= 15 is 0 Å². The van der Waals surface area contributed by atoms with Crippen LogP contribution in [0.1, 0.15) is 19.4 Å². The second-order valence-electron chi connectivity index (χ2n) is 3.97. The molecular formula is C12H17NO2S. The summed E-state index contributed by atoms with van der Waals surface area (Å²) in [4.78, 5) is 11.9. The van der Waals surface area contributed by atoms with Gasteiger partial charge in [0.2, 0.25) is 0 Å². The van der Waals surface area contributed by atoms with E-state index in [9.17, 15) is 4.79 Å². The van der Waals surface area contributed by atoms with Crippen LogP contribution in [0.2, 0.25) is 0 Å². The van der Waals surface area contributed by atoms with E-state index < -0.39 is 5.97 Å². The van der Waals surface area contributed by atoms with Crippen molar-refractivity contribution in [2.45, 2.75) is 30.9 Å².